The van der Waals surface area contributed by atoms with E-state index >= 15 is 0 Å². The summed E-state index contributed by atoms with van der Waals surface area (Å²) < 4.78 is 2.17. The average molecular weight is 405 g/mol. The molecule has 0 unspecified atom stereocenters. The van der Waals surface area contributed by atoms with E-state index in [-0.39, 0.29) is 35.3 Å². The van der Waals surface area contributed by atoms with Gasteiger partial charge in [-0.15, -0.1) is 0 Å². The maximum atomic E-state index is 10.9. The minimum absolute atomic E-state index is 0. The molecule has 0 saturated heterocycles. The minimum atomic E-state index is -1.15. The van der Waals surface area contributed by atoms with Crippen LogP contribution in [0.1, 0.15) is 17.3 Å². The number of hydrogen-bond acceptors (Lipinski definition) is 3. The van der Waals surface area contributed by atoms with Gasteiger partial charge in [0.15, 0.2) is 0 Å². The first kappa shape index (κ1) is 14.8. The molecule has 1 N–H and O–H groups in total. The van der Waals surface area contributed by atoms with Crippen LogP contribution in [-0.4, -0.2) is 10.2 Å². The molecule has 0 aliphatic carbocycles. The second-order valence-electron chi connectivity index (χ2n) is 2.85. The third-order valence-electron chi connectivity index (χ3n) is 1.86. The van der Waals surface area contributed by atoms with Crippen molar-refractivity contribution < 1.29 is 64.0 Å². The monoisotopic (exact) mass is 406 g/mol. The Morgan fingerprint density at radius 1 is 1.57 bits per heavy atom. The van der Waals surface area contributed by atoms with Gasteiger partial charge in [0, 0.05) is 0 Å². The fraction of sp³-hybridized carbons (Fsp3) is 0.222. The van der Waals surface area contributed by atoms with Gasteiger partial charge in [0.05, 0.1) is 0 Å². The molecule has 0 spiro atoms. The van der Waals surface area contributed by atoms with Gasteiger partial charge in [-0.05, 0) is 0 Å². The number of rotatable bonds is 3. The summed E-state index contributed by atoms with van der Waals surface area (Å²) in [7, 11) is 0. The molecule has 1 aromatic carbocycles. The third kappa shape index (κ3) is 3.78. The van der Waals surface area contributed by atoms with Gasteiger partial charge in [-0.3, -0.25) is 0 Å². The number of carbonyl (C=O) groups is 1. The van der Waals surface area contributed by atoms with E-state index in [9.17, 15) is 9.90 Å². The van der Waals surface area contributed by atoms with Crippen molar-refractivity contribution >= 4 is 20.8 Å². The van der Waals surface area contributed by atoms with E-state index in [0.717, 1.165) is 7.00 Å². The molecule has 1 aromatic rings. The zero-order valence-corrected chi connectivity index (χ0v) is 16.7. The number of hydrogen-bond donors (Lipinski definition) is 1. The fourth-order valence-electron chi connectivity index (χ4n) is 1.23. The quantitative estimate of drug-likeness (QED) is 0.479. The summed E-state index contributed by atoms with van der Waals surface area (Å²) in [4.78, 5) is 10.9. The van der Waals surface area contributed by atoms with Gasteiger partial charge < -0.3 is 0 Å². The molecule has 0 fully saturated rings. The van der Waals surface area contributed by atoms with Gasteiger partial charge in [-0.25, -0.2) is 0 Å². The smallest absolute Gasteiger partial charge is 1.00 e. The van der Waals surface area contributed by atoms with Crippen LogP contribution in [0.5, 0.6) is 5.75 Å². The van der Waals surface area contributed by atoms with Crippen molar-refractivity contribution in [2.24, 2.45) is 0 Å². The Balaban J connectivity index is 0.00000169. The van der Waals surface area contributed by atoms with Gasteiger partial charge in [0.25, 0.3) is 0 Å². The van der Waals surface area contributed by atoms with Crippen LogP contribution in [0.15, 0.2) is 18.2 Å². The van der Waals surface area contributed by atoms with Crippen molar-refractivity contribution in [2.45, 2.75) is 10.9 Å². The number of benzene rings is 1. The Bertz CT molecular complexity index is 331. The van der Waals surface area contributed by atoms with Crippen LogP contribution in [0.4, 0.5) is 0 Å². The zero-order chi connectivity index (χ0) is 9.84. The first-order chi connectivity index (χ1) is 6.16. The second kappa shape index (κ2) is 7.17. The number of aromatic hydroxyl groups is 1. The van der Waals surface area contributed by atoms with E-state index in [1.165, 1.54) is 0 Å². The normalized spacial score (nSPS) is 8.64. The number of carbonyl (C=O) groups excluding carboxylic acids is 1. The van der Waals surface area contributed by atoms with Crippen LogP contribution < -0.4 is 32.6 Å². The molecule has 0 aromatic heterocycles. The summed E-state index contributed by atoms with van der Waals surface area (Å²) in [6.45, 7) is 2.11. The van der Waals surface area contributed by atoms with Crippen molar-refractivity contribution in [3.05, 3.63) is 23.8 Å². The summed E-state index contributed by atoms with van der Waals surface area (Å²) >= 11 is 3.35. The van der Waals surface area contributed by atoms with Crippen LogP contribution in [0.3, 0.4) is 0 Å². The molecule has 2 nitrogen and oxygen atoms in total. The Morgan fingerprint density at radius 3 is 2.71 bits per heavy atom. The first-order valence-corrected chi connectivity index (χ1v) is 11.2. The molecule has 5 heteroatoms. The van der Waals surface area contributed by atoms with Crippen molar-refractivity contribution in [3.63, 3.8) is 0 Å². The van der Waals surface area contributed by atoms with E-state index < -0.39 is 29.7 Å². The van der Waals surface area contributed by atoms with E-state index in [1.54, 1.807) is 12.1 Å². The van der Waals surface area contributed by atoms with E-state index in [1.807, 2.05) is 6.07 Å². The van der Waals surface area contributed by atoms with Gasteiger partial charge >= 0.3 is 125 Å². The van der Waals surface area contributed by atoms with Crippen molar-refractivity contribution in [1.82, 2.24) is 0 Å². The number of para-hydroxylation sites is 1. The van der Waals surface area contributed by atoms with Crippen LogP contribution in [0.2, 0.25) is 3.93 Å². The van der Waals surface area contributed by atoms with Gasteiger partial charge in [-0.2, -0.15) is 0 Å². The maximum Gasteiger partial charge on any atom is 1.00 e. The SMILES string of the molecule is C[CH2][Hg][c]1cccc(C(=O)[S-])c1O.[Na+]. The van der Waals surface area contributed by atoms with Gasteiger partial charge in [0.1, 0.15) is 0 Å². The van der Waals surface area contributed by atoms with Crippen molar-refractivity contribution in [3.8, 4) is 5.75 Å². The molecule has 0 saturated carbocycles. The molecule has 66 valence electrons. The van der Waals surface area contributed by atoms with E-state index in [4.69, 9.17) is 0 Å². The summed E-state index contributed by atoms with van der Waals surface area (Å²) in [5, 5.41) is 9.19. The van der Waals surface area contributed by atoms with E-state index in [0.29, 0.717) is 5.56 Å². The Hall–Kier alpha value is 0.845. The largest absolute Gasteiger partial charge is 1.00 e. The van der Waals surface area contributed by atoms with Crippen LogP contribution >= 0.6 is 0 Å². The summed E-state index contributed by atoms with van der Waals surface area (Å²) in [5.74, 6) is 0.144. The first-order valence-electron chi connectivity index (χ1n) is 4.19. The molecule has 0 aliphatic rings. The Labute approximate surface area is 124 Å². The molecule has 0 heterocycles. The Kier molecular flexibility index (Phi) is 7.61. The second-order valence-corrected chi connectivity index (χ2v) is 12.0. The zero-order valence-electron chi connectivity index (χ0n) is 8.41. The standard InChI is InChI=1S/C7H5O2S.C2H5.Hg.Na/c8-6-4-2-1-3-5(6)7(9)10;1-2;;/h1-3,8H,(H,9,10);1H2,2H3;;/q;;;+1/p-1. The van der Waals surface area contributed by atoms with Gasteiger partial charge in [0.2, 0.25) is 0 Å². The molecular weight excluding hydrogens is 396 g/mol. The molecule has 14 heavy (non-hydrogen) atoms. The van der Waals surface area contributed by atoms with Crippen molar-refractivity contribution in [1.29, 1.82) is 0 Å². The molecule has 0 amide bonds. The van der Waals surface area contributed by atoms with Crippen LogP contribution in [-0.2, 0) is 37.2 Å². The average Bonchev–Trinajstić information content (AvgIpc) is 2.08. The molecular formula is C9H9HgNaO2S. The number of phenolic OH excluding ortho intramolecular Hbond substituents is 1. The fourth-order valence-corrected chi connectivity index (χ4v) is 6.32. The van der Waals surface area contributed by atoms with E-state index in [2.05, 4.69) is 19.6 Å². The predicted molar refractivity (Wildman–Crippen MR) is 49.9 cm³/mol. The number of phenols is 1. The summed E-state index contributed by atoms with van der Waals surface area (Å²) in [6, 6.07) is 5.28. The molecule has 1 rings (SSSR count). The Morgan fingerprint density at radius 2 is 2.21 bits per heavy atom. The minimum Gasteiger partial charge on any atom is 1.00 e. The molecule has 0 atom stereocenters. The maximum absolute atomic E-state index is 10.9. The van der Waals surface area contributed by atoms with Crippen LogP contribution in [0.25, 0.3) is 0 Å². The molecule has 0 bridgehead atoms. The summed E-state index contributed by atoms with van der Waals surface area (Å²) in [5.41, 5.74) is 0.293. The van der Waals surface area contributed by atoms with Gasteiger partial charge in [-0.1, -0.05) is 0 Å². The topological polar surface area (TPSA) is 37.3 Å². The molecule has 0 aliphatic heterocycles. The predicted octanol–water partition coefficient (Wildman–Crippen LogP) is -1.77. The van der Waals surface area contributed by atoms with Crippen LogP contribution in [0, 0.1) is 0 Å². The summed E-state index contributed by atoms with van der Waals surface area (Å²) in [6.07, 6.45) is 0. The van der Waals surface area contributed by atoms with Crippen molar-refractivity contribution in [2.75, 3.05) is 0 Å². The third-order valence-corrected chi connectivity index (χ3v) is 8.33. The molecule has 0 radical (unpaired) electrons.